The third-order valence-electron chi connectivity index (χ3n) is 5.23. The van der Waals surface area contributed by atoms with E-state index in [2.05, 4.69) is 15.5 Å². The molecule has 10 heteroatoms. The number of aromatic nitrogens is 5. The number of benzene rings is 1. The molecule has 1 aromatic carbocycles. The van der Waals surface area contributed by atoms with Crippen molar-refractivity contribution < 1.29 is 4.79 Å². The highest BCUT2D eigenvalue weighted by atomic mass is 32.2. The Bertz CT molecular complexity index is 1290. The van der Waals surface area contributed by atoms with Crippen molar-refractivity contribution in [2.24, 2.45) is 7.05 Å². The zero-order chi connectivity index (χ0) is 22.8. The summed E-state index contributed by atoms with van der Waals surface area (Å²) in [7, 11) is 1.80. The van der Waals surface area contributed by atoms with Gasteiger partial charge < -0.3 is 9.88 Å². The van der Waals surface area contributed by atoms with E-state index < -0.39 is 5.25 Å². The molecule has 0 saturated heterocycles. The molecule has 0 radical (unpaired) electrons. The molecule has 1 atom stereocenters. The predicted molar refractivity (Wildman–Crippen MR) is 129 cm³/mol. The van der Waals surface area contributed by atoms with Crippen LogP contribution in [0.5, 0.6) is 0 Å². The summed E-state index contributed by atoms with van der Waals surface area (Å²) in [6.45, 7) is 6.33. The Morgan fingerprint density at radius 3 is 2.59 bits per heavy atom. The SMILES string of the molecule is CCn1c(SC(C)C(=O)Nc2c(C)n(C)n(-c3ccccc3)c2=O)nnc1-c1cccs1. The zero-order valence-corrected chi connectivity index (χ0v) is 19.9. The molecule has 0 fully saturated rings. The molecule has 32 heavy (non-hydrogen) atoms. The quantitative estimate of drug-likeness (QED) is 0.415. The van der Waals surface area contributed by atoms with E-state index in [0.717, 1.165) is 16.4 Å². The molecule has 8 nitrogen and oxygen atoms in total. The Morgan fingerprint density at radius 2 is 1.94 bits per heavy atom. The monoisotopic (exact) mass is 468 g/mol. The lowest BCUT2D eigenvalue weighted by Crippen LogP contribution is -2.27. The summed E-state index contributed by atoms with van der Waals surface area (Å²) in [4.78, 5) is 27.1. The summed E-state index contributed by atoms with van der Waals surface area (Å²) in [6, 6.07) is 13.3. The van der Waals surface area contributed by atoms with E-state index in [9.17, 15) is 9.59 Å². The van der Waals surface area contributed by atoms with E-state index in [1.54, 1.807) is 34.7 Å². The lowest BCUT2D eigenvalue weighted by atomic mass is 10.3. The molecular weight excluding hydrogens is 444 g/mol. The first-order chi connectivity index (χ1) is 15.4. The topological polar surface area (TPSA) is 86.7 Å². The van der Waals surface area contributed by atoms with Gasteiger partial charge in [0.1, 0.15) is 5.69 Å². The van der Waals surface area contributed by atoms with Crippen LogP contribution in [0.2, 0.25) is 0 Å². The number of thiophene rings is 1. The van der Waals surface area contributed by atoms with Crippen LogP contribution in [0.15, 0.2) is 57.8 Å². The molecule has 3 aromatic heterocycles. The average molecular weight is 469 g/mol. The molecule has 166 valence electrons. The van der Waals surface area contributed by atoms with E-state index in [4.69, 9.17) is 0 Å². The second-order valence-electron chi connectivity index (χ2n) is 7.21. The highest BCUT2D eigenvalue weighted by Gasteiger charge is 2.24. The van der Waals surface area contributed by atoms with Crippen LogP contribution in [0, 0.1) is 6.92 Å². The number of nitrogens with zero attached hydrogens (tertiary/aromatic N) is 5. The van der Waals surface area contributed by atoms with Crippen molar-refractivity contribution in [3.8, 4) is 16.4 Å². The Labute approximate surface area is 193 Å². The number of carbonyl (C=O) groups is 1. The Morgan fingerprint density at radius 1 is 1.19 bits per heavy atom. The molecule has 0 saturated carbocycles. The second kappa shape index (κ2) is 9.17. The molecule has 3 heterocycles. The molecule has 1 unspecified atom stereocenters. The highest BCUT2D eigenvalue weighted by Crippen LogP contribution is 2.29. The number of carbonyl (C=O) groups excluding carboxylic acids is 1. The van der Waals surface area contributed by atoms with Crippen LogP contribution in [0.4, 0.5) is 5.69 Å². The first kappa shape index (κ1) is 22.1. The fraction of sp³-hybridized carbons (Fsp3) is 0.273. The van der Waals surface area contributed by atoms with Crippen LogP contribution in [0.3, 0.4) is 0 Å². The number of amides is 1. The van der Waals surface area contributed by atoms with Crippen LogP contribution >= 0.6 is 23.1 Å². The van der Waals surface area contributed by atoms with E-state index in [0.29, 0.717) is 17.4 Å². The minimum absolute atomic E-state index is 0.260. The Kier molecular flexibility index (Phi) is 6.33. The molecule has 0 aliphatic rings. The summed E-state index contributed by atoms with van der Waals surface area (Å²) in [6.07, 6.45) is 0. The van der Waals surface area contributed by atoms with E-state index in [1.165, 1.54) is 11.8 Å². The van der Waals surface area contributed by atoms with E-state index in [-0.39, 0.29) is 17.2 Å². The molecule has 4 aromatic rings. The Balaban J connectivity index is 1.55. The minimum Gasteiger partial charge on any atom is -0.319 e. The smallest absolute Gasteiger partial charge is 0.295 e. The maximum atomic E-state index is 13.1. The van der Waals surface area contributed by atoms with Gasteiger partial charge in [-0.3, -0.25) is 14.3 Å². The number of nitrogens with one attached hydrogen (secondary N) is 1. The standard InChI is InChI=1S/C22H24N6O2S2/c1-5-27-19(17-12-9-13-31-17)24-25-22(27)32-15(3)20(29)23-18-14(2)26(4)28(21(18)30)16-10-7-6-8-11-16/h6-13,15H,5H2,1-4H3,(H,23,29). The molecule has 1 N–H and O–H groups in total. The predicted octanol–water partition coefficient (Wildman–Crippen LogP) is 3.94. The average Bonchev–Trinajstić information content (AvgIpc) is 3.50. The molecule has 0 aliphatic heterocycles. The summed E-state index contributed by atoms with van der Waals surface area (Å²) in [5, 5.41) is 13.6. The fourth-order valence-corrected chi connectivity index (χ4v) is 5.03. The molecule has 0 spiro atoms. The van der Waals surface area contributed by atoms with Crippen LogP contribution in [0.1, 0.15) is 19.5 Å². The molecule has 0 bridgehead atoms. The fourth-order valence-electron chi connectivity index (χ4n) is 3.40. The maximum absolute atomic E-state index is 13.1. The van der Waals surface area contributed by atoms with Gasteiger partial charge in [-0.15, -0.1) is 21.5 Å². The molecule has 1 amide bonds. The van der Waals surface area contributed by atoms with Crippen LogP contribution < -0.4 is 10.9 Å². The van der Waals surface area contributed by atoms with Gasteiger partial charge in [-0.1, -0.05) is 36.0 Å². The van der Waals surface area contributed by atoms with Gasteiger partial charge in [0.25, 0.3) is 5.56 Å². The van der Waals surface area contributed by atoms with Gasteiger partial charge in [-0.25, -0.2) is 4.68 Å². The maximum Gasteiger partial charge on any atom is 0.295 e. The van der Waals surface area contributed by atoms with Crippen molar-refractivity contribution in [1.82, 2.24) is 24.1 Å². The molecule has 4 rings (SSSR count). The van der Waals surface area contributed by atoms with Gasteiger partial charge in [-0.2, -0.15) is 0 Å². The minimum atomic E-state index is -0.468. The van der Waals surface area contributed by atoms with E-state index in [1.807, 2.05) is 66.3 Å². The van der Waals surface area contributed by atoms with Crippen LogP contribution in [0.25, 0.3) is 16.4 Å². The van der Waals surface area contributed by atoms with Gasteiger partial charge >= 0.3 is 0 Å². The summed E-state index contributed by atoms with van der Waals surface area (Å²) < 4.78 is 5.28. The van der Waals surface area contributed by atoms with Crippen molar-refractivity contribution in [2.75, 3.05) is 5.32 Å². The lowest BCUT2D eigenvalue weighted by Gasteiger charge is -2.12. The van der Waals surface area contributed by atoms with Crippen molar-refractivity contribution in [2.45, 2.75) is 37.7 Å². The van der Waals surface area contributed by atoms with Gasteiger partial charge in [0, 0.05) is 13.6 Å². The number of thioether (sulfide) groups is 1. The number of anilines is 1. The highest BCUT2D eigenvalue weighted by molar-refractivity contribution is 8.00. The van der Waals surface area contributed by atoms with Crippen molar-refractivity contribution in [3.05, 3.63) is 63.9 Å². The molecular formula is C22H24N6O2S2. The largest absolute Gasteiger partial charge is 0.319 e. The van der Waals surface area contributed by atoms with Crippen molar-refractivity contribution in [1.29, 1.82) is 0 Å². The lowest BCUT2D eigenvalue weighted by molar-refractivity contribution is -0.115. The molecule has 0 aliphatic carbocycles. The summed E-state index contributed by atoms with van der Waals surface area (Å²) in [5.41, 5.74) is 1.44. The van der Waals surface area contributed by atoms with Crippen molar-refractivity contribution in [3.63, 3.8) is 0 Å². The van der Waals surface area contributed by atoms with Gasteiger partial charge in [0.2, 0.25) is 5.91 Å². The third-order valence-corrected chi connectivity index (χ3v) is 7.17. The third kappa shape index (κ3) is 4.03. The zero-order valence-electron chi connectivity index (χ0n) is 18.3. The van der Waals surface area contributed by atoms with Gasteiger partial charge in [0.05, 0.1) is 21.5 Å². The number of hydrogen-bond donors (Lipinski definition) is 1. The van der Waals surface area contributed by atoms with Crippen molar-refractivity contribution >= 4 is 34.7 Å². The van der Waals surface area contributed by atoms with Crippen LogP contribution in [-0.4, -0.2) is 35.3 Å². The summed E-state index contributed by atoms with van der Waals surface area (Å²) >= 11 is 2.93. The Hall–Kier alpha value is -3.11. The van der Waals surface area contributed by atoms with Gasteiger partial charge in [0.15, 0.2) is 11.0 Å². The number of hydrogen-bond acceptors (Lipinski definition) is 6. The summed E-state index contributed by atoms with van der Waals surface area (Å²) in [5.74, 6) is 0.534. The normalized spacial score (nSPS) is 12.1. The van der Waals surface area contributed by atoms with Gasteiger partial charge in [-0.05, 0) is 44.4 Å². The first-order valence-corrected chi connectivity index (χ1v) is 12.0. The van der Waals surface area contributed by atoms with Crippen LogP contribution in [-0.2, 0) is 18.4 Å². The number of para-hydroxylation sites is 1. The van der Waals surface area contributed by atoms with E-state index >= 15 is 0 Å². The first-order valence-electron chi connectivity index (χ1n) is 10.2. The second-order valence-corrected chi connectivity index (χ2v) is 9.47. The number of rotatable bonds is 7.